The van der Waals surface area contributed by atoms with Gasteiger partial charge in [-0.25, -0.2) is 0 Å². The van der Waals surface area contributed by atoms with Crippen LogP contribution in [0.4, 0.5) is 34.1 Å². The molecular weight excluding hydrogens is 1010 g/mol. The maximum Gasteiger partial charge on any atom is 0.253 e. The van der Waals surface area contributed by atoms with Gasteiger partial charge < -0.3 is 19.3 Å². The monoisotopic (exact) mass is 1060 g/mol. The van der Waals surface area contributed by atoms with E-state index in [1.54, 1.807) is 0 Å². The van der Waals surface area contributed by atoms with Crippen molar-refractivity contribution in [1.29, 1.82) is 0 Å². The Kier molecular flexibility index (Phi) is 9.84. The number of benzene rings is 11. The Morgan fingerprint density at radius 3 is 1.07 bits per heavy atom. The third kappa shape index (κ3) is 6.52. The number of nitrogens with zero attached hydrogens (tertiary/aromatic N) is 2. The van der Waals surface area contributed by atoms with Crippen LogP contribution < -0.4 is 52.1 Å². The molecule has 378 valence electrons. The minimum absolute atomic E-state index is 0.0402. The van der Waals surface area contributed by atoms with Crippen molar-refractivity contribution in [2.75, 3.05) is 9.80 Å². The van der Waals surface area contributed by atoms with Gasteiger partial charge in [-0.1, -0.05) is 190 Å². The molecule has 11 aromatic carbocycles. The Bertz CT molecular complexity index is 4090. The first kappa shape index (κ1) is 46.4. The van der Waals surface area contributed by atoms with Gasteiger partial charge in [0, 0.05) is 70.6 Å². The fourth-order valence-corrected chi connectivity index (χ4v) is 17.4. The van der Waals surface area contributed by atoms with E-state index in [4.69, 9.17) is 9.47 Å². The second-order valence-corrected chi connectivity index (χ2v) is 25.2. The van der Waals surface area contributed by atoms with E-state index in [9.17, 15) is 0 Å². The number of hydrogen-bond acceptors (Lipinski definition) is 6. The Hall–Kier alpha value is -8.55. The predicted octanol–water partition coefficient (Wildman–Crippen LogP) is 15.4. The number of anilines is 6. The van der Waals surface area contributed by atoms with Crippen molar-refractivity contribution in [3.8, 4) is 45.3 Å². The zero-order chi connectivity index (χ0) is 53.2. The molecule has 0 radical (unpaired) electrons. The molecule has 0 saturated carbocycles. The molecule has 8 heteroatoms. The van der Waals surface area contributed by atoms with E-state index < -0.39 is 0 Å². The van der Waals surface area contributed by atoms with Crippen molar-refractivity contribution in [2.24, 2.45) is 0 Å². The number of fused-ring (bicyclic) bond motifs is 16. The van der Waals surface area contributed by atoms with Gasteiger partial charge in [0.1, 0.15) is 23.0 Å². The molecule has 11 aromatic rings. The lowest BCUT2D eigenvalue weighted by molar-refractivity contribution is 0.464. The van der Waals surface area contributed by atoms with Gasteiger partial charge in [-0.3, -0.25) is 0 Å². The summed E-state index contributed by atoms with van der Waals surface area (Å²) in [5.74, 6) is 3.56. The summed E-state index contributed by atoms with van der Waals surface area (Å²) >= 11 is 3.84. The van der Waals surface area contributed by atoms with Gasteiger partial charge in [-0.15, -0.1) is 0 Å². The van der Waals surface area contributed by atoms with Crippen LogP contribution in [0.15, 0.2) is 250 Å². The maximum atomic E-state index is 7.39. The van der Waals surface area contributed by atoms with Gasteiger partial charge in [0.05, 0.1) is 0 Å². The smallest absolute Gasteiger partial charge is 0.253 e. The zero-order valence-corrected chi connectivity index (χ0v) is 46.3. The van der Waals surface area contributed by atoms with Crippen LogP contribution in [0.25, 0.3) is 22.3 Å². The molecule has 0 fully saturated rings. The highest BCUT2D eigenvalue weighted by Gasteiger charge is 2.50. The fourth-order valence-electron chi connectivity index (χ4n) is 14.5. The standard InChI is InChI=1S/C72H50B2N2O2S2/c1-71(2)53-37-47(75(43-21-9-5-10-22-43)44-23-11-6-12-24-44)33-35-49(53)51-39-61-67-69(65(51)71)79-63-31-19-17-29-55(63)73(67)57-41-58-60(42-59(57)77-61)78-62-40-52-50-36-34-48(76(45-25-13-7-14-26-45)46-27-15-8-16-28-46)38-54(50)72(3,4)66(52)70-68(62)74(58)56-30-18-20-32-64(56)80-70/h5-42H,1-4H3. The second-order valence-electron chi connectivity index (χ2n) is 23.1. The zero-order valence-electron chi connectivity index (χ0n) is 44.6. The fraction of sp³-hybridized carbons (Fsp3) is 0.0833. The highest BCUT2D eigenvalue weighted by molar-refractivity contribution is 8.00. The summed E-state index contributed by atoms with van der Waals surface area (Å²) in [7, 11) is 0. The number of ether oxygens (including phenoxy) is 2. The summed E-state index contributed by atoms with van der Waals surface area (Å²) in [6.45, 7) is 9.62. The Morgan fingerprint density at radius 1 is 0.325 bits per heavy atom. The average Bonchev–Trinajstić information content (AvgIpc) is 4.08. The molecule has 0 N–H and O–H groups in total. The van der Waals surface area contributed by atoms with Crippen molar-refractivity contribution in [3.05, 3.63) is 253 Å². The molecule has 0 aromatic heterocycles. The van der Waals surface area contributed by atoms with Crippen molar-refractivity contribution >= 4 is 104 Å². The normalized spacial score (nSPS) is 15.0. The molecule has 4 nitrogen and oxygen atoms in total. The summed E-state index contributed by atoms with van der Waals surface area (Å²) in [6.07, 6.45) is 0. The molecule has 4 heterocycles. The number of rotatable bonds is 6. The third-order valence-corrected chi connectivity index (χ3v) is 20.4. The van der Waals surface area contributed by atoms with Crippen LogP contribution in [-0.2, 0) is 10.8 Å². The third-order valence-electron chi connectivity index (χ3n) is 18.0. The molecule has 80 heavy (non-hydrogen) atoms. The Balaban J connectivity index is 0.816. The van der Waals surface area contributed by atoms with E-state index in [0.717, 1.165) is 57.1 Å². The first-order chi connectivity index (χ1) is 39.2. The molecule has 0 amide bonds. The second kappa shape index (κ2) is 17.0. The van der Waals surface area contributed by atoms with E-state index in [-0.39, 0.29) is 24.3 Å². The van der Waals surface area contributed by atoms with Crippen LogP contribution in [0, 0.1) is 0 Å². The average molecular weight is 1060 g/mol. The number of para-hydroxylation sites is 4. The van der Waals surface area contributed by atoms with Crippen LogP contribution in [-0.4, -0.2) is 13.4 Å². The minimum atomic E-state index is -0.306. The van der Waals surface area contributed by atoms with E-state index in [1.165, 1.54) is 96.9 Å². The van der Waals surface area contributed by atoms with E-state index >= 15 is 0 Å². The van der Waals surface area contributed by atoms with Crippen molar-refractivity contribution < 1.29 is 9.47 Å². The van der Waals surface area contributed by atoms with Crippen molar-refractivity contribution in [1.82, 2.24) is 0 Å². The van der Waals surface area contributed by atoms with Crippen LogP contribution in [0.1, 0.15) is 49.9 Å². The Labute approximate surface area is 476 Å². The highest BCUT2D eigenvalue weighted by Crippen LogP contribution is 2.59. The lowest BCUT2D eigenvalue weighted by Gasteiger charge is -2.39. The molecule has 0 spiro atoms. The number of hydrogen-bond donors (Lipinski definition) is 0. The lowest BCUT2D eigenvalue weighted by atomic mass is 9.32. The molecule has 2 aliphatic carbocycles. The predicted molar refractivity (Wildman–Crippen MR) is 334 cm³/mol. The quantitative estimate of drug-likeness (QED) is 0.154. The SMILES string of the molecule is CC1(C)c2cc(N(c3ccccc3)c3ccccc3)ccc2-c2cc3c4c(c21)Sc1ccccc1B4c1cc2c(cc1O3)Oc1cc3c(c4c1B2c1ccccc1S4)C(C)(C)c1cc(N(c2ccccc2)c2ccccc2)ccc1-3. The van der Waals surface area contributed by atoms with Crippen LogP contribution >= 0.6 is 23.5 Å². The van der Waals surface area contributed by atoms with E-state index in [1.807, 2.05) is 23.5 Å². The van der Waals surface area contributed by atoms with Crippen LogP contribution in [0.3, 0.4) is 0 Å². The van der Waals surface area contributed by atoms with Gasteiger partial charge in [0.2, 0.25) is 0 Å². The van der Waals surface area contributed by atoms with Crippen molar-refractivity contribution in [2.45, 2.75) is 58.1 Å². The summed E-state index contributed by atoms with van der Waals surface area (Å²) in [5, 5.41) is 0. The van der Waals surface area contributed by atoms with Crippen LogP contribution in [0.2, 0.25) is 0 Å². The first-order valence-electron chi connectivity index (χ1n) is 27.8. The maximum absolute atomic E-state index is 7.39. The van der Waals surface area contributed by atoms with Gasteiger partial charge in [-0.05, 0) is 163 Å². The minimum Gasteiger partial charge on any atom is -0.458 e. The summed E-state index contributed by atoms with van der Waals surface area (Å²) in [6, 6.07) is 84.6. The molecule has 17 rings (SSSR count). The largest absolute Gasteiger partial charge is 0.458 e. The molecule has 0 atom stereocenters. The molecule has 0 saturated heterocycles. The molecule has 4 aliphatic heterocycles. The summed E-state index contributed by atoms with van der Waals surface area (Å²) in [5.41, 5.74) is 24.1. The molecule has 0 bridgehead atoms. The summed E-state index contributed by atoms with van der Waals surface area (Å²) < 4.78 is 14.8. The molecule has 6 aliphatic rings. The van der Waals surface area contributed by atoms with E-state index in [0.29, 0.717) is 0 Å². The molecule has 0 unspecified atom stereocenters. The first-order valence-corrected chi connectivity index (χ1v) is 29.4. The topological polar surface area (TPSA) is 24.9 Å². The Morgan fingerprint density at radius 2 is 0.688 bits per heavy atom. The van der Waals surface area contributed by atoms with Gasteiger partial charge in [0.15, 0.2) is 0 Å². The van der Waals surface area contributed by atoms with Gasteiger partial charge >= 0.3 is 0 Å². The van der Waals surface area contributed by atoms with Gasteiger partial charge in [0.25, 0.3) is 13.4 Å². The van der Waals surface area contributed by atoms with Crippen molar-refractivity contribution in [3.63, 3.8) is 0 Å². The summed E-state index contributed by atoms with van der Waals surface area (Å²) in [4.78, 5) is 9.96. The van der Waals surface area contributed by atoms with Gasteiger partial charge in [-0.2, -0.15) is 0 Å². The van der Waals surface area contributed by atoms with E-state index in [2.05, 4.69) is 268 Å². The molecular formula is C72H50B2N2O2S2. The lowest BCUT2D eigenvalue weighted by Crippen LogP contribution is -2.62. The highest BCUT2D eigenvalue weighted by atomic mass is 32.2. The van der Waals surface area contributed by atoms with Crippen LogP contribution in [0.5, 0.6) is 23.0 Å².